The molecule has 2 nitrogen and oxygen atoms in total. The van der Waals surface area contributed by atoms with Crippen molar-refractivity contribution in [2.24, 2.45) is 5.73 Å². The van der Waals surface area contributed by atoms with Gasteiger partial charge in [-0.1, -0.05) is 22.0 Å². The van der Waals surface area contributed by atoms with E-state index in [2.05, 4.69) is 15.9 Å². The SMILES string of the molecule is NC(c1cc2cc(Br)ccc2o1)c1ccc(F)cc1F. The topological polar surface area (TPSA) is 39.2 Å². The van der Waals surface area contributed by atoms with E-state index < -0.39 is 17.7 Å². The van der Waals surface area contributed by atoms with E-state index in [9.17, 15) is 8.78 Å². The summed E-state index contributed by atoms with van der Waals surface area (Å²) in [7, 11) is 0. The molecule has 0 aliphatic heterocycles. The Bertz CT molecular complexity index is 785. The molecule has 0 radical (unpaired) electrons. The highest BCUT2D eigenvalue weighted by atomic mass is 79.9. The van der Waals surface area contributed by atoms with Crippen molar-refractivity contribution in [3.8, 4) is 0 Å². The van der Waals surface area contributed by atoms with Gasteiger partial charge in [0.2, 0.25) is 0 Å². The molecule has 0 spiro atoms. The summed E-state index contributed by atoms with van der Waals surface area (Å²) in [6, 6.07) is 9.84. The number of nitrogens with two attached hydrogens (primary N) is 1. The number of furan rings is 1. The molecule has 1 atom stereocenters. The van der Waals surface area contributed by atoms with E-state index in [1.165, 1.54) is 12.1 Å². The van der Waals surface area contributed by atoms with E-state index >= 15 is 0 Å². The fourth-order valence-electron chi connectivity index (χ4n) is 2.10. The Kier molecular flexibility index (Phi) is 3.31. The molecule has 0 aliphatic carbocycles. The van der Waals surface area contributed by atoms with Crippen LogP contribution in [0.3, 0.4) is 0 Å². The monoisotopic (exact) mass is 337 g/mol. The first kappa shape index (κ1) is 13.3. The first-order valence-corrected chi connectivity index (χ1v) is 6.73. The highest BCUT2D eigenvalue weighted by Gasteiger charge is 2.18. The predicted molar refractivity (Wildman–Crippen MR) is 76.3 cm³/mol. The number of hydrogen-bond donors (Lipinski definition) is 1. The highest BCUT2D eigenvalue weighted by molar-refractivity contribution is 9.10. The molecule has 2 N–H and O–H groups in total. The fourth-order valence-corrected chi connectivity index (χ4v) is 2.47. The lowest BCUT2D eigenvalue weighted by atomic mass is 10.0. The molecule has 5 heteroatoms. The van der Waals surface area contributed by atoms with Crippen molar-refractivity contribution in [1.29, 1.82) is 0 Å². The van der Waals surface area contributed by atoms with Gasteiger partial charge in [0.25, 0.3) is 0 Å². The minimum Gasteiger partial charge on any atom is -0.459 e. The second-order valence-electron chi connectivity index (χ2n) is 4.47. The third kappa shape index (κ3) is 2.34. The van der Waals surface area contributed by atoms with Crippen molar-refractivity contribution >= 4 is 26.9 Å². The van der Waals surface area contributed by atoms with E-state index in [4.69, 9.17) is 10.2 Å². The zero-order chi connectivity index (χ0) is 14.3. The zero-order valence-corrected chi connectivity index (χ0v) is 11.8. The third-order valence-corrected chi connectivity index (χ3v) is 3.59. The lowest BCUT2D eigenvalue weighted by molar-refractivity contribution is 0.506. The van der Waals surface area contributed by atoms with Crippen LogP contribution in [0.4, 0.5) is 8.78 Å². The molecule has 2 aromatic carbocycles. The summed E-state index contributed by atoms with van der Waals surface area (Å²) in [5.41, 5.74) is 6.87. The summed E-state index contributed by atoms with van der Waals surface area (Å²) >= 11 is 3.37. The van der Waals surface area contributed by atoms with Crippen LogP contribution in [0.2, 0.25) is 0 Å². The number of benzene rings is 2. The molecule has 0 aliphatic rings. The van der Waals surface area contributed by atoms with Gasteiger partial charge in [-0.25, -0.2) is 8.78 Å². The van der Waals surface area contributed by atoms with Crippen LogP contribution in [0, 0.1) is 11.6 Å². The lowest BCUT2D eigenvalue weighted by Crippen LogP contribution is -2.12. The van der Waals surface area contributed by atoms with E-state index in [-0.39, 0.29) is 5.56 Å². The van der Waals surface area contributed by atoms with Crippen LogP contribution in [-0.4, -0.2) is 0 Å². The summed E-state index contributed by atoms with van der Waals surface area (Å²) in [6.07, 6.45) is 0. The fraction of sp³-hybridized carbons (Fsp3) is 0.0667. The van der Waals surface area contributed by atoms with Crippen LogP contribution in [-0.2, 0) is 0 Å². The highest BCUT2D eigenvalue weighted by Crippen LogP contribution is 2.29. The first-order valence-electron chi connectivity index (χ1n) is 5.94. The maximum Gasteiger partial charge on any atom is 0.134 e. The van der Waals surface area contributed by atoms with Crippen LogP contribution >= 0.6 is 15.9 Å². The molecule has 1 unspecified atom stereocenters. The van der Waals surface area contributed by atoms with Gasteiger partial charge < -0.3 is 10.2 Å². The molecule has 1 heterocycles. The Labute approximate surface area is 122 Å². The predicted octanol–water partition coefficient (Wildman–Crippen LogP) is 4.52. The lowest BCUT2D eigenvalue weighted by Gasteiger charge is -2.10. The van der Waals surface area contributed by atoms with Crippen LogP contribution in [0.1, 0.15) is 17.4 Å². The largest absolute Gasteiger partial charge is 0.459 e. The normalized spacial score (nSPS) is 12.8. The molecule has 3 rings (SSSR count). The second-order valence-corrected chi connectivity index (χ2v) is 5.39. The van der Waals surface area contributed by atoms with Gasteiger partial charge in [0.1, 0.15) is 23.0 Å². The molecule has 0 amide bonds. The van der Waals surface area contributed by atoms with E-state index in [1.807, 2.05) is 12.1 Å². The quantitative estimate of drug-likeness (QED) is 0.746. The number of hydrogen-bond acceptors (Lipinski definition) is 2. The first-order chi connectivity index (χ1) is 9.54. The molecule has 0 fully saturated rings. The smallest absolute Gasteiger partial charge is 0.134 e. The van der Waals surface area contributed by atoms with Crippen molar-refractivity contribution < 1.29 is 13.2 Å². The molecule has 0 saturated carbocycles. The van der Waals surface area contributed by atoms with E-state index in [0.717, 1.165) is 15.9 Å². The van der Waals surface area contributed by atoms with Crippen molar-refractivity contribution in [2.75, 3.05) is 0 Å². The van der Waals surface area contributed by atoms with Crippen molar-refractivity contribution in [3.05, 3.63) is 69.9 Å². The molecule has 20 heavy (non-hydrogen) atoms. The Hall–Kier alpha value is -1.72. The Morgan fingerprint density at radius 3 is 2.60 bits per heavy atom. The van der Waals surface area contributed by atoms with Crippen LogP contribution in [0.5, 0.6) is 0 Å². The molecule has 102 valence electrons. The summed E-state index contributed by atoms with van der Waals surface area (Å²) in [6.45, 7) is 0. The van der Waals surface area contributed by atoms with Gasteiger partial charge in [-0.15, -0.1) is 0 Å². The third-order valence-electron chi connectivity index (χ3n) is 3.10. The van der Waals surface area contributed by atoms with Gasteiger partial charge in [0, 0.05) is 21.5 Å². The van der Waals surface area contributed by atoms with Gasteiger partial charge in [0.15, 0.2) is 0 Å². The van der Waals surface area contributed by atoms with Gasteiger partial charge in [-0.3, -0.25) is 0 Å². The van der Waals surface area contributed by atoms with Crippen molar-refractivity contribution in [3.63, 3.8) is 0 Å². The second kappa shape index (κ2) is 5.00. The average Bonchev–Trinajstić information content (AvgIpc) is 2.81. The summed E-state index contributed by atoms with van der Waals surface area (Å²) < 4.78 is 33.2. The van der Waals surface area contributed by atoms with Crippen LogP contribution in [0.15, 0.2) is 51.4 Å². The number of halogens is 3. The standard InChI is InChI=1S/C15H10BrF2NO/c16-9-1-4-13-8(5-9)6-14(20-13)15(19)11-3-2-10(17)7-12(11)18/h1-7,15H,19H2. The number of rotatable bonds is 2. The minimum absolute atomic E-state index is 0.199. The van der Waals surface area contributed by atoms with Gasteiger partial charge in [0.05, 0.1) is 6.04 Å². The maximum atomic E-state index is 13.7. The van der Waals surface area contributed by atoms with E-state index in [0.29, 0.717) is 11.3 Å². The average molecular weight is 338 g/mol. The molecular formula is C15H10BrF2NO. The maximum absolute atomic E-state index is 13.7. The number of fused-ring (bicyclic) bond motifs is 1. The van der Waals surface area contributed by atoms with Gasteiger partial charge in [-0.05, 0) is 30.3 Å². The minimum atomic E-state index is -0.776. The Balaban J connectivity index is 2.05. The van der Waals surface area contributed by atoms with Gasteiger partial charge >= 0.3 is 0 Å². The molecule has 1 aromatic heterocycles. The Morgan fingerprint density at radius 1 is 1.05 bits per heavy atom. The molecule has 0 bridgehead atoms. The van der Waals surface area contributed by atoms with Crippen molar-refractivity contribution in [2.45, 2.75) is 6.04 Å². The Morgan fingerprint density at radius 2 is 1.85 bits per heavy atom. The van der Waals surface area contributed by atoms with E-state index in [1.54, 1.807) is 12.1 Å². The molecular weight excluding hydrogens is 328 g/mol. The zero-order valence-electron chi connectivity index (χ0n) is 10.2. The summed E-state index contributed by atoms with van der Waals surface area (Å²) in [5.74, 6) is -0.880. The molecule has 0 saturated heterocycles. The summed E-state index contributed by atoms with van der Waals surface area (Å²) in [5, 5.41) is 0.868. The van der Waals surface area contributed by atoms with Gasteiger partial charge in [-0.2, -0.15) is 0 Å². The molecule has 3 aromatic rings. The van der Waals surface area contributed by atoms with Crippen molar-refractivity contribution in [1.82, 2.24) is 0 Å². The van der Waals surface area contributed by atoms with Crippen LogP contribution in [0.25, 0.3) is 11.0 Å². The van der Waals surface area contributed by atoms with Crippen LogP contribution < -0.4 is 5.73 Å². The summed E-state index contributed by atoms with van der Waals surface area (Å²) in [4.78, 5) is 0.